The Morgan fingerprint density at radius 1 is 1.36 bits per heavy atom. The van der Waals surface area contributed by atoms with Crippen molar-refractivity contribution >= 4 is 21.6 Å². The molecule has 1 atom stereocenters. The first-order valence-corrected chi connectivity index (χ1v) is 9.30. The molecule has 7 heteroatoms. The predicted octanol–water partition coefficient (Wildman–Crippen LogP) is 1.98. The lowest BCUT2D eigenvalue weighted by atomic mass is 10.1. The summed E-state index contributed by atoms with van der Waals surface area (Å²) in [7, 11) is -3.27. The number of nitrogens with zero attached hydrogens (tertiary/aromatic N) is 2. The molecule has 2 aromatic heterocycles. The molecule has 0 aliphatic carbocycles. The fourth-order valence-corrected chi connectivity index (χ4v) is 3.10. The number of fused-ring (bicyclic) bond motifs is 1. The average Bonchev–Trinajstić information content (AvgIpc) is 3.06. The Morgan fingerprint density at radius 3 is 2.72 bits per heavy atom. The minimum atomic E-state index is -3.27. The van der Waals surface area contributed by atoms with Gasteiger partial charge in [0.2, 0.25) is 0 Å². The zero-order valence-electron chi connectivity index (χ0n) is 13.4. The van der Waals surface area contributed by atoms with Gasteiger partial charge >= 0.3 is 0 Å². The molecule has 1 aromatic carbocycles. The van der Waals surface area contributed by atoms with Crippen molar-refractivity contribution in [3.63, 3.8) is 0 Å². The summed E-state index contributed by atoms with van der Waals surface area (Å²) in [5.74, 6) is 1.97. The second-order valence-corrected chi connectivity index (χ2v) is 7.48. The molecule has 0 aliphatic heterocycles. The number of hydrogen-bond acceptors (Lipinski definition) is 4. The smallest absolute Gasteiger partial charge is 0.272 e. The highest BCUT2D eigenvalue weighted by Crippen LogP contribution is 2.27. The zero-order chi connectivity index (χ0) is 18.0. The van der Waals surface area contributed by atoms with Gasteiger partial charge in [0.1, 0.15) is 11.9 Å². The number of carbonyl (C=O) groups excluding carboxylic acids is 1. The molecule has 0 aliphatic rings. The predicted molar refractivity (Wildman–Crippen MR) is 94.8 cm³/mol. The SMILES string of the molecule is C#CCNC(=O)c1cc(-c2ccc([S+](C)(=O)[O-])cc2)c2cccn2n1. The molecule has 6 nitrogen and oxygen atoms in total. The van der Waals surface area contributed by atoms with Crippen LogP contribution >= 0.6 is 0 Å². The van der Waals surface area contributed by atoms with E-state index in [4.69, 9.17) is 6.42 Å². The lowest BCUT2D eigenvalue weighted by Crippen LogP contribution is -2.25. The summed E-state index contributed by atoms with van der Waals surface area (Å²) >= 11 is 0. The molecular formula is C18H15N3O3S. The third kappa shape index (κ3) is 3.45. The van der Waals surface area contributed by atoms with Crippen LogP contribution in [0.1, 0.15) is 10.5 Å². The van der Waals surface area contributed by atoms with Crippen molar-refractivity contribution in [3.8, 4) is 23.5 Å². The van der Waals surface area contributed by atoms with Crippen molar-refractivity contribution in [2.24, 2.45) is 0 Å². The number of amides is 1. The van der Waals surface area contributed by atoms with Gasteiger partial charge in [-0.05, 0) is 48.0 Å². The molecule has 0 bridgehead atoms. The van der Waals surface area contributed by atoms with E-state index in [-0.39, 0.29) is 23.0 Å². The van der Waals surface area contributed by atoms with Crippen molar-refractivity contribution in [2.75, 3.05) is 12.8 Å². The Kier molecular flexibility index (Phi) is 4.40. The van der Waals surface area contributed by atoms with Crippen molar-refractivity contribution in [3.05, 3.63) is 54.4 Å². The largest absolute Gasteiger partial charge is 0.610 e. The topological polar surface area (TPSA) is 86.5 Å². The van der Waals surface area contributed by atoms with Gasteiger partial charge in [-0.3, -0.25) is 4.79 Å². The highest BCUT2D eigenvalue weighted by atomic mass is 32.3. The van der Waals surface area contributed by atoms with Crippen LogP contribution in [0, 0.1) is 12.3 Å². The first kappa shape index (κ1) is 16.9. The van der Waals surface area contributed by atoms with E-state index in [1.165, 1.54) is 0 Å². The molecule has 3 aromatic rings. The molecule has 3 rings (SSSR count). The summed E-state index contributed by atoms with van der Waals surface area (Å²) in [6.07, 6.45) is 8.06. The van der Waals surface area contributed by atoms with Crippen LogP contribution in [0.4, 0.5) is 0 Å². The number of nitrogens with one attached hydrogen (secondary N) is 1. The summed E-state index contributed by atoms with van der Waals surface area (Å²) in [6.45, 7) is 0.114. The molecule has 0 saturated carbocycles. The van der Waals surface area contributed by atoms with E-state index < -0.39 is 10.2 Å². The number of benzene rings is 1. The standard InChI is InChI=1S/C18H15N3O3S/c1-3-10-19-18(22)16-12-15(17-5-4-11-21(17)20-16)13-6-8-14(9-7-13)25(2,23)24/h1,4-9,11-12H,10H2,2H3,(H-,19,22,23,24). The lowest BCUT2D eigenvalue weighted by molar-refractivity contribution is 0.0952. The number of sulfone groups is 1. The number of hydrogen-bond donors (Lipinski definition) is 1. The van der Waals surface area contributed by atoms with E-state index >= 15 is 0 Å². The van der Waals surface area contributed by atoms with Gasteiger partial charge in [0.05, 0.1) is 22.3 Å². The van der Waals surface area contributed by atoms with E-state index in [0.717, 1.165) is 22.9 Å². The van der Waals surface area contributed by atoms with Crippen molar-refractivity contribution in [1.82, 2.24) is 14.9 Å². The molecule has 0 radical (unpaired) electrons. The summed E-state index contributed by atoms with van der Waals surface area (Å²) in [6, 6.07) is 11.9. The van der Waals surface area contributed by atoms with Crippen LogP contribution < -0.4 is 5.32 Å². The van der Waals surface area contributed by atoms with E-state index in [2.05, 4.69) is 16.3 Å². The summed E-state index contributed by atoms with van der Waals surface area (Å²) in [5, 5.41) is 6.85. The maximum atomic E-state index is 12.2. The Bertz CT molecular complexity index is 1030. The van der Waals surface area contributed by atoms with Gasteiger partial charge in [0.15, 0.2) is 4.90 Å². The van der Waals surface area contributed by atoms with Gasteiger partial charge < -0.3 is 9.87 Å². The van der Waals surface area contributed by atoms with E-state index in [1.807, 2.05) is 12.1 Å². The minimum absolute atomic E-state index is 0.114. The molecule has 126 valence electrons. The van der Waals surface area contributed by atoms with Crippen molar-refractivity contribution in [2.45, 2.75) is 4.90 Å². The molecular weight excluding hydrogens is 338 g/mol. The van der Waals surface area contributed by atoms with Gasteiger partial charge in [0.25, 0.3) is 5.91 Å². The fraction of sp³-hybridized carbons (Fsp3) is 0.111. The number of aromatic nitrogens is 2. The molecule has 0 fully saturated rings. The second kappa shape index (κ2) is 6.51. The van der Waals surface area contributed by atoms with Crippen LogP contribution in [0.5, 0.6) is 0 Å². The van der Waals surface area contributed by atoms with Gasteiger partial charge in [-0.25, -0.2) is 4.52 Å². The lowest BCUT2D eigenvalue weighted by Gasteiger charge is -2.11. The highest BCUT2D eigenvalue weighted by Gasteiger charge is 2.15. The van der Waals surface area contributed by atoms with Crippen LogP contribution in [0.3, 0.4) is 0 Å². The fourth-order valence-electron chi connectivity index (χ4n) is 2.47. The van der Waals surface area contributed by atoms with Crippen LogP contribution in [0.2, 0.25) is 0 Å². The Balaban J connectivity index is 2.09. The maximum absolute atomic E-state index is 12.2. The van der Waals surface area contributed by atoms with E-state index in [1.54, 1.807) is 41.0 Å². The van der Waals surface area contributed by atoms with Crippen molar-refractivity contribution < 1.29 is 13.6 Å². The molecule has 25 heavy (non-hydrogen) atoms. The molecule has 1 N–H and O–H groups in total. The van der Waals surface area contributed by atoms with Crippen LogP contribution in [0.15, 0.2) is 53.6 Å². The Morgan fingerprint density at radius 2 is 2.08 bits per heavy atom. The van der Waals surface area contributed by atoms with E-state index in [0.29, 0.717) is 0 Å². The monoisotopic (exact) mass is 353 g/mol. The third-order valence-electron chi connectivity index (χ3n) is 3.68. The van der Waals surface area contributed by atoms with Crippen LogP contribution in [0.25, 0.3) is 16.6 Å². The zero-order valence-corrected chi connectivity index (χ0v) is 14.2. The molecule has 1 amide bonds. The van der Waals surface area contributed by atoms with Gasteiger partial charge in [-0.15, -0.1) is 10.6 Å². The number of carbonyl (C=O) groups is 1. The third-order valence-corrected chi connectivity index (χ3v) is 4.81. The van der Waals surface area contributed by atoms with Crippen LogP contribution in [-0.2, 0) is 14.4 Å². The second-order valence-electron chi connectivity index (χ2n) is 5.46. The average molecular weight is 353 g/mol. The maximum Gasteiger partial charge on any atom is 0.272 e. The van der Waals surface area contributed by atoms with E-state index in [9.17, 15) is 13.6 Å². The molecule has 1 unspecified atom stereocenters. The minimum Gasteiger partial charge on any atom is -0.610 e. The first-order chi connectivity index (χ1) is 11.9. The molecule has 0 saturated heterocycles. The van der Waals surface area contributed by atoms with Crippen molar-refractivity contribution in [1.29, 1.82) is 0 Å². The Hall–Kier alpha value is -2.95. The summed E-state index contributed by atoms with van der Waals surface area (Å²) in [5.41, 5.74) is 2.58. The highest BCUT2D eigenvalue weighted by molar-refractivity contribution is 7.97. The first-order valence-electron chi connectivity index (χ1n) is 7.41. The Labute approximate surface area is 146 Å². The normalized spacial score (nSPS) is 13.2. The number of terminal acetylenes is 1. The van der Waals surface area contributed by atoms with Gasteiger partial charge in [-0.2, -0.15) is 5.10 Å². The number of rotatable bonds is 4. The summed E-state index contributed by atoms with van der Waals surface area (Å²) in [4.78, 5) is 12.4. The van der Waals surface area contributed by atoms with Gasteiger partial charge in [0, 0.05) is 11.8 Å². The quantitative estimate of drug-likeness (QED) is 0.574. The van der Waals surface area contributed by atoms with Crippen LogP contribution in [-0.4, -0.2) is 32.9 Å². The van der Waals surface area contributed by atoms with Gasteiger partial charge in [-0.1, -0.05) is 5.92 Å². The molecule has 0 spiro atoms. The summed E-state index contributed by atoms with van der Waals surface area (Å²) < 4.78 is 24.8. The molecule has 2 heterocycles.